The highest BCUT2D eigenvalue weighted by Gasteiger charge is 2.21. The second-order valence-electron chi connectivity index (χ2n) is 5.85. The van der Waals surface area contributed by atoms with Gasteiger partial charge in [-0.1, -0.05) is 22.0 Å². The van der Waals surface area contributed by atoms with Crippen LogP contribution in [0.3, 0.4) is 0 Å². The zero-order chi connectivity index (χ0) is 15.5. The van der Waals surface area contributed by atoms with E-state index in [0.717, 1.165) is 10.0 Å². The van der Waals surface area contributed by atoms with Gasteiger partial charge in [0.2, 0.25) is 5.91 Å². The third-order valence-electron chi connectivity index (χ3n) is 2.75. The number of hydrogen-bond donors (Lipinski definition) is 2. The van der Waals surface area contributed by atoms with Gasteiger partial charge in [0.25, 0.3) is 5.91 Å². The van der Waals surface area contributed by atoms with Gasteiger partial charge in [-0.15, -0.1) is 0 Å². The number of halogens is 1. The van der Waals surface area contributed by atoms with Crippen LogP contribution in [0.4, 0.5) is 0 Å². The topological polar surface area (TPSA) is 58.2 Å². The van der Waals surface area contributed by atoms with Crippen molar-refractivity contribution in [2.24, 2.45) is 0 Å². The highest BCUT2D eigenvalue weighted by Crippen LogP contribution is 2.19. The average Bonchev–Trinajstić information content (AvgIpc) is 2.30. The molecular formula is C15H21BrN2O2. The Morgan fingerprint density at radius 2 is 1.85 bits per heavy atom. The lowest BCUT2D eigenvalue weighted by atomic mass is 10.1. The maximum atomic E-state index is 12.2. The zero-order valence-corrected chi connectivity index (χ0v) is 14.1. The highest BCUT2D eigenvalue weighted by molar-refractivity contribution is 9.10. The third kappa shape index (κ3) is 4.63. The summed E-state index contributed by atoms with van der Waals surface area (Å²) < 4.78 is 0.872. The molecule has 0 radical (unpaired) electrons. The molecule has 1 atom stereocenters. The molecule has 1 aromatic rings. The fourth-order valence-corrected chi connectivity index (χ4v) is 2.04. The summed E-state index contributed by atoms with van der Waals surface area (Å²) in [6.45, 7) is 9.23. The molecule has 0 heterocycles. The number of amides is 2. The molecule has 0 aliphatic heterocycles. The van der Waals surface area contributed by atoms with Gasteiger partial charge in [-0.3, -0.25) is 9.59 Å². The van der Waals surface area contributed by atoms with E-state index < -0.39 is 6.04 Å². The maximum Gasteiger partial charge on any atom is 0.252 e. The Hall–Kier alpha value is -1.36. The highest BCUT2D eigenvalue weighted by atomic mass is 79.9. The Kier molecular flexibility index (Phi) is 5.34. The van der Waals surface area contributed by atoms with Crippen LogP contribution >= 0.6 is 15.9 Å². The monoisotopic (exact) mass is 340 g/mol. The number of benzene rings is 1. The fourth-order valence-electron chi connectivity index (χ4n) is 1.67. The average molecular weight is 341 g/mol. The van der Waals surface area contributed by atoms with E-state index in [0.29, 0.717) is 5.56 Å². The molecule has 110 valence electrons. The summed E-state index contributed by atoms with van der Waals surface area (Å²) in [5.41, 5.74) is 1.10. The van der Waals surface area contributed by atoms with Crippen LogP contribution < -0.4 is 10.6 Å². The van der Waals surface area contributed by atoms with Gasteiger partial charge in [-0.2, -0.15) is 0 Å². The Bertz CT molecular complexity index is 521. The van der Waals surface area contributed by atoms with Crippen LogP contribution in [0.15, 0.2) is 22.7 Å². The molecule has 4 nitrogen and oxygen atoms in total. The van der Waals surface area contributed by atoms with Crippen molar-refractivity contribution >= 4 is 27.7 Å². The van der Waals surface area contributed by atoms with Crippen molar-refractivity contribution < 1.29 is 9.59 Å². The van der Waals surface area contributed by atoms with Crippen molar-refractivity contribution in [3.05, 3.63) is 33.8 Å². The van der Waals surface area contributed by atoms with E-state index in [9.17, 15) is 9.59 Å². The molecule has 0 aromatic heterocycles. The summed E-state index contributed by atoms with van der Waals surface area (Å²) >= 11 is 3.39. The van der Waals surface area contributed by atoms with Crippen LogP contribution in [0.2, 0.25) is 0 Å². The van der Waals surface area contributed by atoms with Gasteiger partial charge in [0.1, 0.15) is 6.04 Å². The Morgan fingerprint density at radius 1 is 1.25 bits per heavy atom. The molecule has 2 amide bonds. The summed E-state index contributed by atoms with van der Waals surface area (Å²) in [4.78, 5) is 24.1. The minimum Gasteiger partial charge on any atom is -0.350 e. The van der Waals surface area contributed by atoms with E-state index in [4.69, 9.17) is 0 Å². The van der Waals surface area contributed by atoms with Crippen molar-refractivity contribution in [2.45, 2.75) is 46.2 Å². The number of nitrogens with one attached hydrogen (secondary N) is 2. The van der Waals surface area contributed by atoms with Crippen molar-refractivity contribution in [3.8, 4) is 0 Å². The molecule has 20 heavy (non-hydrogen) atoms. The predicted octanol–water partition coefficient (Wildman–Crippen LogP) is 2.79. The van der Waals surface area contributed by atoms with Crippen LogP contribution in [0.5, 0.6) is 0 Å². The van der Waals surface area contributed by atoms with Gasteiger partial charge >= 0.3 is 0 Å². The summed E-state index contributed by atoms with van der Waals surface area (Å²) in [5.74, 6) is -0.446. The van der Waals surface area contributed by atoms with E-state index in [1.54, 1.807) is 19.1 Å². The summed E-state index contributed by atoms with van der Waals surface area (Å²) in [6.07, 6.45) is 0. The number of carbonyl (C=O) groups excluding carboxylic acids is 2. The summed E-state index contributed by atoms with van der Waals surface area (Å²) in [5, 5.41) is 5.55. The Balaban J connectivity index is 2.76. The molecule has 0 aliphatic rings. The lowest BCUT2D eigenvalue weighted by Crippen LogP contribution is -2.50. The Labute approximate surface area is 128 Å². The third-order valence-corrected chi connectivity index (χ3v) is 3.61. The molecule has 1 aromatic carbocycles. The van der Waals surface area contributed by atoms with Crippen LogP contribution in [-0.2, 0) is 4.79 Å². The minimum absolute atomic E-state index is 0.196. The summed E-state index contributed by atoms with van der Waals surface area (Å²) in [6, 6.07) is 4.83. The lowest BCUT2D eigenvalue weighted by Gasteiger charge is -2.23. The van der Waals surface area contributed by atoms with Gasteiger partial charge in [0, 0.05) is 15.6 Å². The normalized spacial score (nSPS) is 12.7. The van der Waals surface area contributed by atoms with Gasteiger partial charge in [0.15, 0.2) is 0 Å². The quantitative estimate of drug-likeness (QED) is 0.888. The van der Waals surface area contributed by atoms with Gasteiger partial charge in [0.05, 0.1) is 0 Å². The summed E-state index contributed by atoms with van der Waals surface area (Å²) in [7, 11) is 0. The number of carbonyl (C=O) groups is 2. The molecular weight excluding hydrogens is 320 g/mol. The molecule has 0 aliphatic carbocycles. The van der Waals surface area contributed by atoms with Gasteiger partial charge in [-0.25, -0.2) is 0 Å². The molecule has 0 bridgehead atoms. The number of hydrogen-bond acceptors (Lipinski definition) is 2. The van der Waals surface area contributed by atoms with E-state index in [1.807, 2.05) is 33.8 Å². The van der Waals surface area contributed by atoms with Crippen molar-refractivity contribution in [3.63, 3.8) is 0 Å². The molecule has 2 N–H and O–H groups in total. The van der Waals surface area contributed by atoms with E-state index in [2.05, 4.69) is 26.6 Å². The van der Waals surface area contributed by atoms with Gasteiger partial charge in [-0.05, 0) is 52.3 Å². The maximum absolute atomic E-state index is 12.2. The first-order chi connectivity index (χ1) is 9.11. The molecule has 0 saturated heterocycles. The zero-order valence-electron chi connectivity index (χ0n) is 12.5. The SMILES string of the molecule is Cc1c(Br)cccc1C(=O)NC(C)C(=O)NC(C)(C)C. The molecule has 0 spiro atoms. The first kappa shape index (κ1) is 16.7. The second-order valence-corrected chi connectivity index (χ2v) is 6.70. The predicted molar refractivity (Wildman–Crippen MR) is 83.7 cm³/mol. The van der Waals surface area contributed by atoms with Crippen molar-refractivity contribution in [1.82, 2.24) is 10.6 Å². The van der Waals surface area contributed by atoms with E-state index in [1.165, 1.54) is 0 Å². The van der Waals surface area contributed by atoms with Crippen LogP contribution in [-0.4, -0.2) is 23.4 Å². The second kappa shape index (κ2) is 6.39. The number of rotatable bonds is 3. The van der Waals surface area contributed by atoms with E-state index >= 15 is 0 Å². The molecule has 5 heteroatoms. The molecule has 0 saturated carbocycles. The smallest absolute Gasteiger partial charge is 0.252 e. The molecule has 1 unspecified atom stereocenters. The fraction of sp³-hybridized carbons (Fsp3) is 0.467. The minimum atomic E-state index is -0.583. The van der Waals surface area contributed by atoms with Crippen LogP contribution in [0.25, 0.3) is 0 Å². The van der Waals surface area contributed by atoms with Crippen molar-refractivity contribution in [2.75, 3.05) is 0 Å². The van der Waals surface area contributed by atoms with Crippen LogP contribution in [0, 0.1) is 6.92 Å². The first-order valence-corrected chi connectivity index (χ1v) is 7.29. The van der Waals surface area contributed by atoms with Crippen LogP contribution in [0.1, 0.15) is 43.6 Å². The van der Waals surface area contributed by atoms with Gasteiger partial charge < -0.3 is 10.6 Å². The lowest BCUT2D eigenvalue weighted by molar-refractivity contribution is -0.124. The first-order valence-electron chi connectivity index (χ1n) is 6.50. The molecule has 0 fully saturated rings. The Morgan fingerprint density at radius 3 is 2.40 bits per heavy atom. The standard InChI is InChI=1S/C15H21BrN2O2/c1-9-11(7-6-8-12(9)16)14(20)17-10(2)13(19)18-15(3,4)5/h6-8,10H,1-5H3,(H,17,20)(H,18,19). The largest absolute Gasteiger partial charge is 0.350 e. The molecule has 1 rings (SSSR count). The van der Waals surface area contributed by atoms with E-state index in [-0.39, 0.29) is 17.4 Å². The van der Waals surface area contributed by atoms with Crippen molar-refractivity contribution in [1.29, 1.82) is 0 Å².